The summed E-state index contributed by atoms with van der Waals surface area (Å²) in [4.78, 5) is 54.0. The average Bonchev–Trinajstić information content (AvgIpc) is 3.25. The summed E-state index contributed by atoms with van der Waals surface area (Å²) >= 11 is 0. The smallest absolute Gasteiger partial charge is 0.311 e. The zero-order valence-corrected chi connectivity index (χ0v) is 42.2. The average molecular weight is 913 g/mol. The Hall–Kier alpha value is -3.94. The molecular weight excluding hydrogens is 825 g/mol. The molecule has 0 radical (unpaired) electrons. The number of aliphatic carboxylic acids is 1. The number of benzene rings is 1. The van der Waals surface area contributed by atoms with Gasteiger partial charge >= 0.3 is 11.9 Å². The Morgan fingerprint density at radius 3 is 1.68 bits per heavy atom. The number of hydrogen-bond acceptors (Lipinski definition) is 7. The van der Waals surface area contributed by atoms with E-state index in [1.165, 1.54) is 83.5 Å². The van der Waals surface area contributed by atoms with E-state index in [4.69, 9.17) is 14.2 Å². The maximum absolute atomic E-state index is 14.0. The Morgan fingerprint density at radius 1 is 0.652 bits per heavy atom. The first-order valence-corrected chi connectivity index (χ1v) is 26.5. The number of ether oxygens (including phenoxy) is 3. The molecule has 8 heteroatoms. The molecule has 1 aromatic carbocycles. The molecule has 1 aliphatic heterocycles. The van der Waals surface area contributed by atoms with E-state index in [1.54, 1.807) is 12.1 Å². The third-order valence-corrected chi connectivity index (χ3v) is 13.6. The molecule has 1 aromatic rings. The molecule has 2 aliphatic carbocycles. The summed E-state index contributed by atoms with van der Waals surface area (Å²) in [6.07, 6.45) is 38.0. The van der Waals surface area contributed by atoms with Crippen molar-refractivity contribution in [2.75, 3.05) is 6.61 Å². The minimum Gasteiger partial charge on any atom is -0.489 e. The fraction of sp³-hybridized carbons (Fsp3) is 0.690. The van der Waals surface area contributed by atoms with Gasteiger partial charge in [-0.25, -0.2) is 0 Å². The van der Waals surface area contributed by atoms with Crippen LogP contribution >= 0.6 is 0 Å². The number of carboxylic acid groups (broad SMARTS) is 1. The minimum atomic E-state index is -0.922. The Balaban J connectivity index is 1.42. The van der Waals surface area contributed by atoms with Gasteiger partial charge in [0.15, 0.2) is 23.1 Å². The van der Waals surface area contributed by atoms with E-state index < -0.39 is 17.8 Å². The van der Waals surface area contributed by atoms with Crippen molar-refractivity contribution in [2.45, 2.75) is 234 Å². The summed E-state index contributed by atoms with van der Waals surface area (Å²) in [5.41, 5.74) is 1.10. The molecule has 0 aromatic heterocycles. The van der Waals surface area contributed by atoms with Crippen LogP contribution in [0.5, 0.6) is 11.5 Å². The molecule has 8 nitrogen and oxygen atoms in total. The molecular formula is C58H88O8. The van der Waals surface area contributed by atoms with Crippen LogP contribution in [0.2, 0.25) is 0 Å². The van der Waals surface area contributed by atoms with Gasteiger partial charge in [-0.3, -0.25) is 19.2 Å². The minimum absolute atomic E-state index is 0.0425. The molecule has 1 atom stereocenters. The number of Topliss-reactive ketones (excluding diaryl/α,β-unsaturated/α-hetero) is 2. The molecule has 0 amide bonds. The van der Waals surface area contributed by atoms with Gasteiger partial charge in [-0.1, -0.05) is 181 Å². The topological polar surface area (TPSA) is 116 Å². The molecule has 0 fully saturated rings. The third-order valence-electron chi connectivity index (χ3n) is 13.6. The van der Waals surface area contributed by atoms with Crippen LogP contribution in [-0.2, 0) is 23.9 Å². The lowest BCUT2D eigenvalue weighted by atomic mass is 9.65. The van der Waals surface area contributed by atoms with Gasteiger partial charge in [0, 0.05) is 49.2 Å². The molecule has 0 spiro atoms. The second-order valence-corrected chi connectivity index (χ2v) is 21.3. The SMILES string of the molecule is CCCCC/C=C\C/C=C\CCCCCCCC(=O)Oc1ccc(C2C3=C(CC(C)(C)CC3=O)OC3=C2C(=O)CC(C)(C)C3)cc1OCC(CCCCCCCCCCCCCC)C(=O)O. The molecule has 66 heavy (non-hydrogen) atoms. The van der Waals surface area contributed by atoms with Gasteiger partial charge in [0.1, 0.15) is 18.1 Å². The molecule has 0 saturated heterocycles. The zero-order valence-electron chi connectivity index (χ0n) is 42.2. The van der Waals surface area contributed by atoms with E-state index in [-0.39, 0.29) is 52.9 Å². The summed E-state index contributed by atoms with van der Waals surface area (Å²) in [5.74, 6) is -1.10. The molecule has 3 aliphatic rings. The normalized spacial score (nSPS) is 17.6. The van der Waals surface area contributed by atoms with Gasteiger partial charge < -0.3 is 19.3 Å². The Bertz CT molecular complexity index is 1770. The first kappa shape index (κ1) is 54.7. The number of hydrogen-bond donors (Lipinski definition) is 1. The maximum atomic E-state index is 14.0. The second kappa shape index (κ2) is 29.1. The van der Waals surface area contributed by atoms with E-state index in [9.17, 15) is 24.3 Å². The maximum Gasteiger partial charge on any atom is 0.311 e. The number of unbranched alkanes of at least 4 members (excludes halogenated alkanes) is 19. The van der Waals surface area contributed by atoms with Crippen LogP contribution in [0.3, 0.4) is 0 Å². The van der Waals surface area contributed by atoms with E-state index in [1.807, 2.05) is 6.07 Å². The summed E-state index contributed by atoms with van der Waals surface area (Å²) < 4.78 is 18.9. The quantitative estimate of drug-likeness (QED) is 0.0321. The molecule has 368 valence electrons. The molecule has 1 unspecified atom stereocenters. The fourth-order valence-electron chi connectivity index (χ4n) is 9.86. The lowest BCUT2D eigenvalue weighted by molar-refractivity contribution is -0.143. The number of carboxylic acids is 1. The third kappa shape index (κ3) is 19.0. The number of ketones is 2. The lowest BCUT2D eigenvalue weighted by Crippen LogP contribution is -2.37. The summed E-state index contributed by atoms with van der Waals surface area (Å²) in [5, 5.41) is 10.3. The van der Waals surface area contributed by atoms with Crippen molar-refractivity contribution in [3.05, 3.63) is 70.7 Å². The van der Waals surface area contributed by atoms with Gasteiger partial charge in [0.2, 0.25) is 0 Å². The van der Waals surface area contributed by atoms with Crippen molar-refractivity contribution in [1.82, 2.24) is 0 Å². The van der Waals surface area contributed by atoms with E-state index in [0.717, 1.165) is 57.8 Å². The molecule has 0 saturated carbocycles. The van der Waals surface area contributed by atoms with Gasteiger partial charge in [-0.2, -0.15) is 0 Å². The van der Waals surface area contributed by atoms with Crippen molar-refractivity contribution >= 4 is 23.5 Å². The molecule has 0 bridgehead atoms. The van der Waals surface area contributed by atoms with Gasteiger partial charge in [-0.15, -0.1) is 0 Å². The van der Waals surface area contributed by atoms with Crippen LogP contribution in [0.1, 0.15) is 239 Å². The van der Waals surface area contributed by atoms with E-state index >= 15 is 0 Å². The monoisotopic (exact) mass is 913 g/mol. The standard InChI is InChI=1S/C58H88O8/c1-7-9-11-13-15-17-19-21-22-23-25-27-29-31-33-35-52(61)66-48-37-36-44(38-49(48)64-43-45(56(62)63)34-32-30-28-26-24-20-18-16-14-12-10-8-2)53-54-46(59)39-57(3,4)41-50(54)65-51-42-58(5,6)40-47(60)55(51)53/h15,17,21-22,36-38,45,53H,7-14,16,18-20,23-35,39-43H2,1-6H3,(H,62,63)/b17-15-,22-21-. The summed E-state index contributed by atoms with van der Waals surface area (Å²) in [7, 11) is 0. The van der Waals surface area contributed by atoms with E-state index in [0.29, 0.717) is 66.8 Å². The molecule has 1 N–H and O–H groups in total. The summed E-state index contributed by atoms with van der Waals surface area (Å²) in [6.45, 7) is 12.6. The first-order valence-electron chi connectivity index (χ1n) is 26.5. The highest BCUT2D eigenvalue weighted by atomic mass is 16.6. The Morgan fingerprint density at radius 2 is 1.14 bits per heavy atom. The van der Waals surface area contributed by atoms with Crippen LogP contribution in [0.15, 0.2) is 65.2 Å². The highest BCUT2D eigenvalue weighted by molar-refractivity contribution is 6.06. The van der Waals surface area contributed by atoms with Crippen molar-refractivity contribution in [3.8, 4) is 11.5 Å². The van der Waals surface area contributed by atoms with Crippen molar-refractivity contribution in [3.63, 3.8) is 0 Å². The van der Waals surface area contributed by atoms with Gasteiger partial charge in [0.05, 0.1) is 5.92 Å². The fourth-order valence-corrected chi connectivity index (χ4v) is 9.86. The Labute approximate surface area is 399 Å². The number of allylic oxidation sites excluding steroid dienone is 8. The van der Waals surface area contributed by atoms with Crippen LogP contribution in [0.4, 0.5) is 0 Å². The molecule has 1 heterocycles. The van der Waals surface area contributed by atoms with Crippen LogP contribution < -0.4 is 9.47 Å². The number of esters is 1. The van der Waals surface area contributed by atoms with Crippen LogP contribution in [-0.4, -0.2) is 35.2 Å². The number of carbonyl (C=O) groups excluding carboxylic acids is 3. The summed E-state index contributed by atoms with van der Waals surface area (Å²) in [6, 6.07) is 5.26. The predicted molar refractivity (Wildman–Crippen MR) is 268 cm³/mol. The van der Waals surface area contributed by atoms with E-state index in [2.05, 4.69) is 65.8 Å². The van der Waals surface area contributed by atoms with Crippen LogP contribution in [0.25, 0.3) is 0 Å². The lowest BCUT2D eigenvalue weighted by Gasteiger charge is -2.42. The number of carbonyl (C=O) groups is 4. The van der Waals surface area contributed by atoms with Crippen LogP contribution in [0, 0.1) is 16.7 Å². The molecule has 4 rings (SSSR count). The van der Waals surface area contributed by atoms with Crippen molar-refractivity contribution in [2.24, 2.45) is 16.7 Å². The van der Waals surface area contributed by atoms with Crippen molar-refractivity contribution in [1.29, 1.82) is 0 Å². The Kier molecular flexibility index (Phi) is 24.1. The predicted octanol–water partition coefficient (Wildman–Crippen LogP) is 16.0. The van der Waals surface area contributed by atoms with Gasteiger partial charge in [0.25, 0.3) is 0 Å². The highest BCUT2D eigenvalue weighted by Gasteiger charge is 2.48. The second-order valence-electron chi connectivity index (χ2n) is 21.3. The number of rotatable bonds is 33. The van der Waals surface area contributed by atoms with Gasteiger partial charge in [-0.05, 0) is 73.5 Å². The largest absolute Gasteiger partial charge is 0.489 e. The highest BCUT2D eigenvalue weighted by Crippen LogP contribution is 2.54. The zero-order chi connectivity index (χ0) is 47.8. The first-order chi connectivity index (χ1) is 31.7. The van der Waals surface area contributed by atoms with Crippen molar-refractivity contribution < 1.29 is 38.5 Å².